The minimum absolute atomic E-state index is 0.0166. The Morgan fingerprint density at radius 2 is 1.30 bits per heavy atom. The average Bonchev–Trinajstić information content (AvgIpc) is 3.41. The summed E-state index contributed by atoms with van der Waals surface area (Å²) in [5.41, 5.74) is 10.6. The van der Waals surface area contributed by atoms with Crippen LogP contribution < -0.4 is 27.2 Å². The van der Waals surface area contributed by atoms with Gasteiger partial charge in [0, 0.05) is 44.2 Å². The maximum Gasteiger partial charge on any atom is 0.317 e. The predicted molar refractivity (Wildman–Crippen MR) is 159 cm³/mol. The van der Waals surface area contributed by atoms with Gasteiger partial charge < -0.3 is 36.8 Å². The van der Waals surface area contributed by atoms with E-state index in [0.29, 0.717) is 18.4 Å². The molecule has 1 saturated carbocycles. The second-order valence-electron chi connectivity index (χ2n) is 11.1. The van der Waals surface area contributed by atoms with Gasteiger partial charge in [-0.2, -0.15) is 0 Å². The predicted octanol–water partition coefficient (Wildman–Crippen LogP) is -2.37. The number of nitrogens with two attached hydrogens (primary N) is 1. The van der Waals surface area contributed by atoms with E-state index in [9.17, 15) is 43.8 Å². The van der Waals surface area contributed by atoms with Crippen molar-refractivity contribution in [2.24, 2.45) is 5.73 Å². The van der Waals surface area contributed by atoms with E-state index in [-0.39, 0.29) is 38.2 Å². The quantitative estimate of drug-likeness (QED) is 0.0666. The molecule has 0 spiro atoms. The van der Waals surface area contributed by atoms with Crippen LogP contribution in [-0.2, 0) is 35.3 Å². The lowest BCUT2D eigenvalue weighted by molar-refractivity contribution is -0.143. The number of nitrogens with one attached hydrogen (secondary N) is 4. The van der Waals surface area contributed by atoms with Crippen LogP contribution in [0.4, 0.5) is 0 Å². The fourth-order valence-electron chi connectivity index (χ4n) is 4.92. The van der Waals surface area contributed by atoms with Crippen LogP contribution in [0.25, 0.3) is 0 Å². The Kier molecular flexibility index (Phi) is 15.0. The highest BCUT2D eigenvalue weighted by Crippen LogP contribution is 2.26. The Balaban J connectivity index is 1.96. The average molecular weight is 652 g/mol. The first-order valence-corrected chi connectivity index (χ1v) is 14.5. The summed E-state index contributed by atoms with van der Waals surface area (Å²) in [7, 11) is 0. The SMILES string of the molecule is NC1(C(=O)NNC(=O)c2ccc(CNC(=O)CC(CN(CC(=O)O)CC(=O)O)NCCN(CC(=O)O)CC(=O)O)cc2)CCCC1. The van der Waals surface area contributed by atoms with Crippen LogP contribution in [0.1, 0.15) is 48.0 Å². The highest BCUT2D eigenvalue weighted by atomic mass is 16.4. The van der Waals surface area contributed by atoms with Gasteiger partial charge in [0.2, 0.25) is 5.91 Å². The van der Waals surface area contributed by atoms with Crippen LogP contribution in [0, 0.1) is 0 Å². The van der Waals surface area contributed by atoms with E-state index in [1.54, 1.807) is 12.1 Å². The minimum Gasteiger partial charge on any atom is -0.480 e. The van der Waals surface area contributed by atoms with Gasteiger partial charge in [0.15, 0.2) is 0 Å². The zero-order valence-corrected chi connectivity index (χ0v) is 25.2. The first-order chi connectivity index (χ1) is 21.7. The van der Waals surface area contributed by atoms with E-state index in [2.05, 4.69) is 21.5 Å². The molecule has 0 radical (unpaired) electrons. The zero-order valence-electron chi connectivity index (χ0n) is 25.2. The van der Waals surface area contributed by atoms with Gasteiger partial charge >= 0.3 is 23.9 Å². The Morgan fingerprint density at radius 1 is 0.783 bits per heavy atom. The van der Waals surface area contributed by atoms with Crippen molar-refractivity contribution in [3.8, 4) is 0 Å². The number of rotatable bonds is 20. The van der Waals surface area contributed by atoms with Gasteiger partial charge in [-0.1, -0.05) is 25.0 Å². The van der Waals surface area contributed by atoms with Crippen LogP contribution in [0.15, 0.2) is 24.3 Å². The second kappa shape index (κ2) is 18.4. The molecule has 1 aliphatic carbocycles. The number of hydrogen-bond acceptors (Lipinski definition) is 11. The fourth-order valence-corrected chi connectivity index (χ4v) is 4.92. The first kappa shape index (κ1) is 37.5. The third kappa shape index (κ3) is 14.0. The molecule has 0 aromatic heterocycles. The summed E-state index contributed by atoms with van der Waals surface area (Å²) in [4.78, 5) is 84.5. The lowest BCUT2D eigenvalue weighted by atomic mass is 9.99. The standard InChI is InChI=1S/C28H41N7O11/c29-28(7-1-2-8-28)27(46)33-32-26(45)19-5-3-18(4-6-19)12-31-21(36)11-20(13-35(16-24(41)42)17-25(43)44)30-9-10-34(14-22(37)38)15-23(39)40/h3-6,20,30H,1-2,7-17,29H2,(H,31,36)(H,32,45)(H,33,46)(H,37,38)(H,39,40)(H,41,42)(H,43,44). The lowest BCUT2D eigenvalue weighted by Gasteiger charge is -2.27. The molecule has 3 amide bonds. The monoisotopic (exact) mass is 651 g/mol. The molecule has 0 heterocycles. The molecule has 18 heteroatoms. The van der Waals surface area contributed by atoms with E-state index in [1.165, 1.54) is 12.1 Å². The number of carboxylic acids is 4. The molecule has 1 aromatic carbocycles. The van der Waals surface area contributed by atoms with E-state index >= 15 is 0 Å². The number of benzene rings is 1. The molecule has 1 aromatic rings. The van der Waals surface area contributed by atoms with Gasteiger partial charge in [0.05, 0.1) is 31.7 Å². The van der Waals surface area contributed by atoms with Crippen molar-refractivity contribution < 1.29 is 54.0 Å². The third-order valence-corrected chi connectivity index (χ3v) is 7.15. The summed E-state index contributed by atoms with van der Waals surface area (Å²) < 4.78 is 0. The number of hydrogen-bond donors (Lipinski definition) is 9. The normalized spacial score (nSPS) is 14.4. The zero-order chi connectivity index (χ0) is 34.3. The van der Waals surface area contributed by atoms with Crippen molar-refractivity contribution in [1.29, 1.82) is 0 Å². The molecule has 18 nitrogen and oxygen atoms in total. The number of amides is 3. The van der Waals surface area contributed by atoms with Crippen molar-refractivity contribution in [2.45, 2.75) is 50.2 Å². The Hall–Kier alpha value is -4.65. The van der Waals surface area contributed by atoms with Gasteiger partial charge in [-0.15, -0.1) is 0 Å². The Morgan fingerprint density at radius 3 is 1.83 bits per heavy atom. The first-order valence-electron chi connectivity index (χ1n) is 14.5. The minimum atomic E-state index is -1.28. The molecular weight excluding hydrogens is 610 g/mol. The molecule has 0 aliphatic heterocycles. The third-order valence-electron chi connectivity index (χ3n) is 7.15. The molecule has 254 valence electrons. The maximum absolute atomic E-state index is 12.8. The van der Waals surface area contributed by atoms with Gasteiger partial charge in [-0.05, 0) is 30.5 Å². The number of nitrogens with zero attached hydrogens (tertiary/aromatic N) is 2. The Labute approximate surface area is 264 Å². The van der Waals surface area contributed by atoms with Gasteiger partial charge in [0.1, 0.15) is 0 Å². The largest absolute Gasteiger partial charge is 0.480 e. The van der Waals surface area contributed by atoms with E-state index in [4.69, 9.17) is 15.9 Å². The summed E-state index contributed by atoms with van der Waals surface area (Å²) in [6, 6.07) is 5.39. The van der Waals surface area contributed by atoms with E-state index in [1.807, 2.05) is 0 Å². The van der Waals surface area contributed by atoms with Crippen molar-refractivity contribution in [3.63, 3.8) is 0 Å². The number of hydrazine groups is 1. The molecule has 0 saturated heterocycles. The van der Waals surface area contributed by atoms with Crippen LogP contribution in [0.5, 0.6) is 0 Å². The van der Waals surface area contributed by atoms with Crippen molar-refractivity contribution in [2.75, 3.05) is 45.8 Å². The van der Waals surface area contributed by atoms with Crippen molar-refractivity contribution in [1.82, 2.24) is 31.3 Å². The van der Waals surface area contributed by atoms with E-state index < -0.39 is 79.4 Å². The molecule has 10 N–H and O–H groups in total. The van der Waals surface area contributed by atoms with Crippen LogP contribution >= 0.6 is 0 Å². The number of carbonyl (C=O) groups excluding carboxylic acids is 3. The molecule has 46 heavy (non-hydrogen) atoms. The van der Waals surface area contributed by atoms with Crippen molar-refractivity contribution in [3.05, 3.63) is 35.4 Å². The summed E-state index contributed by atoms with van der Waals surface area (Å²) in [5, 5.41) is 42.1. The Bertz CT molecular complexity index is 1220. The van der Waals surface area contributed by atoms with Gasteiger partial charge in [-0.25, -0.2) is 0 Å². The molecule has 1 aliphatic rings. The van der Waals surface area contributed by atoms with Gasteiger partial charge in [0.25, 0.3) is 11.8 Å². The molecule has 1 unspecified atom stereocenters. The molecule has 2 rings (SSSR count). The smallest absolute Gasteiger partial charge is 0.317 e. The fraction of sp³-hybridized carbons (Fsp3) is 0.536. The second-order valence-corrected chi connectivity index (χ2v) is 11.1. The molecular formula is C28H41N7O11. The lowest BCUT2D eigenvalue weighted by Crippen LogP contribution is -2.56. The van der Waals surface area contributed by atoms with Crippen LogP contribution in [-0.4, -0.2) is 129 Å². The highest BCUT2D eigenvalue weighted by Gasteiger charge is 2.37. The van der Waals surface area contributed by atoms with E-state index in [0.717, 1.165) is 22.6 Å². The summed E-state index contributed by atoms with van der Waals surface area (Å²) in [6.07, 6.45) is 2.52. The van der Waals surface area contributed by atoms with Crippen LogP contribution in [0.2, 0.25) is 0 Å². The molecule has 0 bridgehead atoms. The maximum atomic E-state index is 12.8. The van der Waals surface area contributed by atoms with Crippen LogP contribution in [0.3, 0.4) is 0 Å². The number of aliphatic carboxylic acids is 4. The number of carbonyl (C=O) groups is 7. The summed E-state index contributed by atoms with van der Waals surface area (Å²) in [6.45, 7) is -2.47. The molecule has 1 atom stereocenters. The van der Waals surface area contributed by atoms with Gasteiger partial charge in [-0.3, -0.25) is 54.2 Å². The number of carboxylic acid groups (broad SMARTS) is 4. The summed E-state index contributed by atoms with van der Waals surface area (Å²) in [5.74, 6) is -6.55. The highest BCUT2D eigenvalue weighted by molar-refractivity contribution is 5.96. The topological polar surface area (TPSA) is 281 Å². The summed E-state index contributed by atoms with van der Waals surface area (Å²) >= 11 is 0. The van der Waals surface area contributed by atoms with Crippen molar-refractivity contribution >= 4 is 41.6 Å². The molecule has 1 fully saturated rings.